The molecule has 3 atom stereocenters. The quantitative estimate of drug-likeness (QED) is 0.752. The number of carbonyl (C=O) groups excluding carboxylic acids is 1. The molecule has 1 fully saturated rings. The van der Waals surface area contributed by atoms with Crippen molar-refractivity contribution in [2.24, 2.45) is 5.92 Å². The Morgan fingerprint density at radius 1 is 1.53 bits per heavy atom. The third-order valence-electron chi connectivity index (χ3n) is 3.43. The first kappa shape index (κ1) is 15.9. The first-order chi connectivity index (χ1) is 8.90. The summed E-state index contributed by atoms with van der Waals surface area (Å²) in [4.78, 5) is 24.1. The molecule has 7 heteroatoms. The monoisotopic (exact) mass is 290 g/mol. The summed E-state index contributed by atoms with van der Waals surface area (Å²) in [5.74, 6) is -0.753. The lowest BCUT2D eigenvalue weighted by atomic mass is 10.1. The van der Waals surface area contributed by atoms with Crippen LogP contribution in [0, 0.1) is 5.92 Å². The van der Waals surface area contributed by atoms with E-state index in [1.54, 1.807) is 11.2 Å². The first-order valence-corrected chi connectivity index (χ1v) is 8.09. The number of carbonyl (C=O) groups is 2. The van der Waals surface area contributed by atoms with Gasteiger partial charge in [-0.25, -0.2) is 4.79 Å². The molecule has 0 aromatic heterocycles. The zero-order chi connectivity index (χ0) is 14.4. The minimum Gasteiger partial charge on any atom is -0.481 e. The van der Waals surface area contributed by atoms with Crippen LogP contribution < -0.4 is 5.32 Å². The van der Waals surface area contributed by atoms with E-state index in [2.05, 4.69) is 5.32 Å². The Morgan fingerprint density at radius 2 is 2.21 bits per heavy atom. The van der Waals surface area contributed by atoms with E-state index < -0.39 is 16.8 Å². The number of nitrogens with zero attached hydrogens (tertiary/aromatic N) is 1. The van der Waals surface area contributed by atoms with Crippen molar-refractivity contribution in [3.8, 4) is 0 Å². The number of carboxylic acid groups (broad SMARTS) is 1. The van der Waals surface area contributed by atoms with Gasteiger partial charge in [-0.05, 0) is 18.8 Å². The van der Waals surface area contributed by atoms with E-state index in [0.29, 0.717) is 26.1 Å². The van der Waals surface area contributed by atoms with Gasteiger partial charge in [-0.1, -0.05) is 6.92 Å². The topological polar surface area (TPSA) is 86.7 Å². The normalized spacial score (nSPS) is 22.0. The fourth-order valence-electron chi connectivity index (χ4n) is 2.09. The predicted octanol–water partition coefficient (Wildman–Crippen LogP) is 0.650. The largest absolute Gasteiger partial charge is 0.481 e. The van der Waals surface area contributed by atoms with Gasteiger partial charge in [0.1, 0.15) is 0 Å². The van der Waals surface area contributed by atoms with Crippen LogP contribution in [0.2, 0.25) is 0 Å². The number of hydrogen-bond donors (Lipinski definition) is 2. The highest BCUT2D eigenvalue weighted by molar-refractivity contribution is 7.84. The molecular weight excluding hydrogens is 268 g/mol. The molecule has 1 aliphatic heterocycles. The van der Waals surface area contributed by atoms with E-state index in [4.69, 9.17) is 5.11 Å². The summed E-state index contributed by atoms with van der Waals surface area (Å²) < 4.78 is 11.2. The summed E-state index contributed by atoms with van der Waals surface area (Å²) in [6, 6.07) is -0.151. The van der Waals surface area contributed by atoms with E-state index in [-0.39, 0.29) is 23.6 Å². The van der Waals surface area contributed by atoms with Crippen LogP contribution in [0.5, 0.6) is 0 Å². The highest BCUT2D eigenvalue weighted by Gasteiger charge is 2.27. The lowest BCUT2D eigenvalue weighted by molar-refractivity contribution is -0.138. The van der Waals surface area contributed by atoms with Crippen molar-refractivity contribution in [1.29, 1.82) is 0 Å². The third-order valence-corrected chi connectivity index (χ3v) is 4.80. The summed E-state index contributed by atoms with van der Waals surface area (Å²) in [6.45, 7) is 3.51. The van der Waals surface area contributed by atoms with Gasteiger partial charge in [-0.2, -0.15) is 0 Å². The van der Waals surface area contributed by atoms with Gasteiger partial charge in [0, 0.05) is 48.4 Å². The maximum atomic E-state index is 11.8. The van der Waals surface area contributed by atoms with Crippen LogP contribution in [0.25, 0.3) is 0 Å². The van der Waals surface area contributed by atoms with Gasteiger partial charge in [0.2, 0.25) is 0 Å². The average molecular weight is 290 g/mol. The van der Waals surface area contributed by atoms with E-state index >= 15 is 0 Å². The van der Waals surface area contributed by atoms with Crippen LogP contribution in [0.1, 0.15) is 26.2 Å². The maximum Gasteiger partial charge on any atom is 0.317 e. The highest BCUT2D eigenvalue weighted by Crippen LogP contribution is 2.19. The number of nitrogens with one attached hydrogen (secondary N) is 1. The van der Waals surface area contributed by atoms with Crippen molar-refractivity contribution >= 4 is 22.8 Å². The van der Waals surface area contributed by atoms with Crippen molar-refractivity contribution in [3.63, 3.8) is 0 Å². The molecule has 0 aliphatic carbocycles. The number of carboxylic acids is 1. The van der Waals surface area contributed by atoms with Gasteiger partial charge in [-0.3, -0.25) is 9.00 Å². The second-order valence-electron chi connectivity index (χ2n) is 5.03. The molecule has 3 unspecified atom stereocenters. The molecule has 2 N–H and O–H groups in total. The Hall–Kier alpha value is -1.11. The number of hydrogen-bond acceptors (Lipinski definition) is 3. The van der Waals surface area contributed by atoms with Crippen molar-refractivity contribution < 1.29 is 18.9 Å². The van der Waals surface area contributed by atoms with Gasteiger partial charge in [0.25, 0.3) is 0 Å². The van der Waals surface area contributed by atoms with Crippen LogP contribution >= 0.6 is 0 Å². The third kappa shape index (κ3) is 5.59. The molecule has 0 radical (unpaired) electrons. The van der Waals surface area contributed by atoms with Crippen LogP contribution in [-0.2, 0) is 15.6 Å². The molecule has 1 aliphatic rings. The summed E-state index contributed by atoms with van der Waals surface area (Å²) >= 11 is 0. The molecule has 0 aromatic rings. The Balaban J connectivity index is 2.24. The van der Waals surface area contributed by atoms with Gasteiger partial charge in [0.15, 0.2) is 0 Å². The molecule has 6 nitrogen and oxygen atoms in total. The summed E-state index contributed by atoms with van der Waals surface area (Å²) in [5.41, 5.74) is 0. The van der Waals surface area contributed by atoms with Gasteiger partial charge in [-0.15, -0.1) is 0 Å². The van der Waals surface area contributed by atoms with E-state index in [0.717, 1.165) is 6.42 Å². The smallest absolute Gasteiger partial charge is 0.317 e. The molecule has 2 amide bonds. The zero-order valence-corrected chi connectivity index (χ0v) is 12.2. The lowest BCUT2D eigenvalue weighted by Crippen LogP contribution is -2.39. The Kier molecular flexibility index (Phi) is 6.27. The first-order valence-electron chi connectivity index (χ1n) is 6.47. The summed E-state index contributed by atoms with van der Waals surface area (Å²) in [6.07, 6.45) is 3.20. The maximum absolute atomic E-state index is 11.8. The molecule has 1 rings (SSSR count). The van der Waals surface area contributed by atoms with Crippen molar-refractivity contribution in [1.82, 2.24) is 10.2 Å². The summed E-state index contributed by atoms with van der Waals surface area (Å²) in [5, 5.41) is 11.6. The molecule has 0 saturated carbocycles. The van der Waals surface area contributed by atoms with Gasteiger partial charge < -0.3 is 15.3 Å². The Morgan fingerprint density at radius 3 is 2.79 bits per heavy atom. The second-order valence-corrected chi connectivity index (χ2v) is 6.83. The SMILES string of the molecule is CC(CCNC(=O)N1CCC(CC(=O)O)C1)S(C)=O. The lowest BCUT2D eigenvalue weighted by Gasteiger charge is -2.17. The van der Waals surface area contributed by atoms with Crippen LogP contribution in [0.4, 0.5) is 4.79 Å². The van der Waals surface area contributed by atoms with Crippen LogP contribution in [-0.4, -0.2) is 57.4 Å². The molecule has 0 spiro atoms. The molecule has 110 valence electrons. The van der Waals surface area contributed by atoms with E-state index in [9.17, 15) is 13.8 Å². The Labute approximate surface area is 116 Å². The van der Waals surface area contributed by atoms with Gasteiger partial charge in [0.05, 0.1) is 0 Å². The van der Waals surface area contributed by atoms with Crippen molar-refractivity contribution in [3.05, 3.63) is 0 Å². The number of rotatable bonds is 6. The molecular formula is C12H22N2O4S. The minimum atomic E-state index is -0.870. The fourth-order valence-corrected chi connectivity index (χ4v) is 2.54. The van der Waals surface area contributed by atoms with Crippen molar-refractivity contribution in [2.45, 2.75) is 31.4 Å². The molecule has 0 aromatic carbocycles. The molecule has 19 heavy (non-hydrogen) atoms. The van der Waals surface area contributed by atoms with E-state index in [1.807, 2.05) is 6.92 Å². The van der Waals surface area contributed by atoms with Crippen LogP contribution in [0.3, 0.4) is 0 Å². The highest BCUT2D eigenvalue weighted by atomic mass is 32.2. The minimum absolute atomic E-state index is 0.0605. The number of likely N-dealkylation sites (tertiary alicyclic amines) is 1. The number of urea groups is 1. The van der Waals surface area contributed by atoms with E-state index in [1.165, 1.54) is 0 Å². The second kappa shape index (κ2) is 7.47. The van der Waals surface area contributed by atoms with Crippen molar-refractivity contribution in [2.75, 3.05) is 25.9 Å². The molecule has 0 bridgehead atoms. The zero-order valence-electron chi connectivity index (χ0n) is 11.4. The van der Waals surface area contributed by atoms with Gasteiger partial charge >= 0.3 is 12.0 Å². The number of aliphatic carboxylic acids is 1. The Bertz CT molecular complexity index is 362. The predicted molar refractivity (Wildman–Crippen MR) is 73.5 cm³/mol. The number of amides is 2. The molecule has 1 heterocycles. The fraction of sp³-hybridized carbons (Fsp3) is 0.833. The molecule has 1 saturated heterocycles. The summed E-state index contributed by atoms with van der Waals surface area (Å²) in [7, 11) is -0.870. The average Bonchev–Trinajstić information content (AvgIpc) is 2.76. The van der Waals surface area contributed by atoms with Crippen LogP contribution in [0.15, 0.2) is 0 Å². The standard InChI is InChI=1S/C12H22N2O4S/c1-9(19(2)18)3-5-13-12(17)14-6-4-10(8-14)7-11(15)16/h9-10H,3-8H2,1-2H3,(H,13,17)(H,15,16).